The summed E-state index contributed by atoms with van der Waals surface area (Å²) < 4.78 is 1.75. The highest BCUT2D eigenvalue weighted by Gasteiger charge is 2.35. The van der Waals surface area contributed by atoms with E-state index in [0.29, 0.717) is 0 Å². The maximum Gasteiger partial charge on any atom is 0.226 e. The number of allylic oxidation sites excluding steroid dienone is 2. The van der Waals surface area contributed by atoms with E-state index in [9.17, 15) is 4.79 Å². The third-order valence-corrected chi connectivity index (χ3v) is 4.84. The number of likely N-dealkylation sites (N-methyl/N-ethyl adjacent to an activating group) is 1. The van der Waals surface area contributed by atoms with Crippen molar-refractivity contribution in [1.82, 2.24) is 24.7 Å². The number of carbonyl (C=O) groups is 1. The first-order chi connectivity index (χ1) is 11.1. The molecule has 1 fully saturated rings. The highest BCUT2D eigenvalue weighted by molar-refractivity contribution is 5.80. The zero-order chi connectivity index (χ0) is 16.0. The van der Waals surface area contributed by atoms with E-state index in [-0.39, 0.29) is 17.9 Å². The average molecular weight is 312 g/mol. The van der Waals surface area contributed by atoms with Crippen LogP contribution < -0.4 is 4.90 Å². The minimum atomic E-state index is 0.142. The average Bonchev–Trinajstić information content (AvgIpc) is 3.15. The molecular formula is C16H20N6O. The summed E-state index contributed by atoms with van der Waals surface area (Å²) in [6.45, 7) is 3.53. The van der Waals surface area contributed by atoms with Gasteiger partial charge in [0.2, 0.25) is 5.91 Å². The highest BCUT2D eigenvalue weighted by atomic mass is 16.2. The van der Waals surface area contributed by atoms with Gasteiger partial charge in [-0.15, -0.1) is 15.3 Å². The summed E-state index contributed by atoms with van der Waals surface area (Å²) in [7, 11) is 1.92. The third-order valence-electron chi connectivity index (χ3n) is 4.84. The van der Waals surface area contributed by atoms with E-state index in [4.69, 9.17) is 0 Å². The van der Waals surface area contributed by atoms with Gasteiger partial charge in [0, 0.05) is 26.1 Å². The highest BCUT2D eigenvalue weighted by Crippen LogP contribution is 2.25. The summed E-state index contributed by atoms with van der Waals surface area (Å²) >= 11 is 0. The number of nitrogens with zero attached hydrogens (tertiary/aromatic N) is 6. The van der Waals surface area contributed by atoms with Gasteiger partial charge in [0.25, 0.3) is 0 Å². The van der Waals surface area contributed by atoms with Crippen LogP contribution in [0.5, 0.6) is 0 Å². The van der Waals surface area contributed by atoms with E-state index in [0.717, 1.165) is 43.2 Å². The second-order valence-corrected chi connectivity index (χ2v) is 6.36. The molecule has 0 saturated carbocycles. The molecule has 0 unspecified atom stereocenters. The maximum absolute atomic E-state index is 12.4. The standard InChI is InChI=1S/C16H20N6O/c1-11-17-18-14-7-8-15(19-22(11)14)21-9-13(10-21)20(2)16(23)12-5-3-4-6-12/h3-4,7-8,12-13H,5-6,9-10H2,1-2H3. The third kappa shape index (κ3) is 2.36. The van der Waals surface area contributed by atoms with Crippen molar-refractivity contribution < 1.29 is 4.79 Å². The molecule has 2 aliphatic rings. The second-order valence-electron chi connectivity index (χ2n) is 6.36. The normalized spacial score (nSPS) is 18.6. The molecule has 0 aromatic carbocycles. The van der Waals surface area contributed by atoms with Gasteiger partial charge in [-0.25, -0.2) is 0 Å². The van der Waals surface area contributed by atoms with Gasteiger partial charge in [0.05, 0.1) is 6.04 Å². The van der Waals surface area contributed by atoms with Crippen LogP contribution in [0.25, 0.3) is 5.65 Å². The Morgan fingerprint density at radius 3 is 2.70 bits per heavy atom. The molecule has 1 amide bonds. The zero-order valence-electron chi connectivity index (χ0n) is 13.4. The molecule has 0 spiro atoms. The number of carbonyl (C=O) groups excluding carboxylic acids is 1. The van der Waals surface area contributed by atoms with E-state index in [1.165, 1.54) is 0 Å². The smallest absolute Gasteiger partial charge is 0.226 e. The summed E-state index contributed by atoms with van der Waals surface area (Å²) in [6, 6.07) is 4.15. The van der Waals surface area contributed by atoms with E-state index >= 15 is 0 Å². The Bertz CT molecular complexity index is 768. The summed E-state index contributed by atoms with van der Waals surface area (Å²) in [5, 5.41) is 12.6. The molecule has 2 aromatic rings. The Kier molecular flexibility index (Phi) is 3.28. The molecule has 0 N–H and O–H groups in total. The van der Waals surface area contributed by atoms with E-state index < -0.39 is 0 Å². The molecule has 0 atom stereocenters. The minimum absolute atomic E-state index is 0.142. The summed E-state index contributed by atoms with van der Waals surface area (Å²) in [4.78, 5) is 16.5. The fraction of sp³-hybridized carbons (Fsp3) is 0.500. The van der Waals surface area contributed by atoms with Gasteiger partial charge < -0.3 is 9.80 Å². The van der Waals surface area contributed by atoms with Gasteiger partial charge in [0.1, 0.15) is 5.82 Å². The first-order valence-electron chi connectivity index (χ1n) is 7.99. The van der Waals surface area contributed by atoms with Gasteiger partial charge >= 0.3 is 0 Å². The Morgan fingerprint density at radius 1 is 1.22 bits per heavy atom. The Hall–Kier alpha value is -2.44. The number of fused-ring (bicyclic) bond motifs is 1. The monoisotopic (exact) mass is 312 g/mol. The minimum Gasteiger partial charge on any atom is -0.351 e. The molecule has 23 heavy (non-hydrogen) atoms. The van der Waals surface area contributed by atoms with Crippen LogP contribution in [0.15, 0.2) is 24.3 Å². The van der Waals surface area contributed by atoms with Crippen molar-refractivity contribution in [2.75, 3.05) is 25.0 Å². The number of amides is 1. The number of hydrogen-bond donors (Lipinski definition) is 0. The van der Waals surface area contributed by atoms with Gasteiger partial charge in [-0.05, 0) is 31.9 Å². The molecule has 1 aliphatic carbocycles. The largest absolute Gasteiger partial charge is 0.351 e. The maximum atomic E-state index is 12.4. The molecule has 7 heteroatoms. The number of hydrogen-bond acceptors (Lipinski definition) is 5. The van der Waals surface area contributed by atoms with Crippen molar-refractivity contribution in [2.45, 2.75) is 25.8 Å². The second kappa shape index (κ2) is 5.33. The lowest BCUT2D eigenvalue weighted by Crippen LogP contribution is -2.60. The number of aromatic nitrogens is 4. The van der Waals surface area contributed by atoms with Crippen LogP contribution in [0.2, 0.25) is 0 Å². The summed E-state index contributed by atoms with van der Waals surface area (Å²) in [5.74, 6) is 2.08. The fourth-order valence-electron chi connectivity index (χ4n) is 3.23. The SMILES string of the molecule is Cc1nnc2ccc(N3CC(N(C)C(=O)C4CC=CC4)C3)nn12. The van der Waals surface area contributed by atoms with Crippen LogP contribution in [0.3, 0.4) is 0 Å². The van der Waals surface area contributed by atoms with E-state index in [1.807, 2.05) is 31.0 Å². The molecule has 0 bridgehead atoms. The van der Waals surface area contributed by atoms with Gasteiger partial charge in [-0.3, -0.25) is 4.79 Å². The Morgan fingerprint density at radius 2 is 1.96 bits per heavy atom. The number of rotatable bonds is 3. The molecule has 4 rings (SSSR count). The molecular weight excluding hydrogens is 292 g/mol. The zero-order valence-corrected chi connectivity index (χ0v) is 13.4. The molecule has 7 nitrogen and oxygen atoms in total. The number of aryl methyl sites for hydroxylation is 1. The first kappa shape index (κ1) is 14.2. The first-order valence-corrected chi connectivity index (χ1v) is 7.99. The van der Waals surface area contributed by atoms with Gasteiger partial charge in [-0.2, -0.15) is 4.52 Å². The molecule has 2 aromatic heterocycles. The van der Waals surface area contributed by atoms with Crippen LogP contribution >= 0.6 is 0 Å². The van der Waals surface area contributed by atoms with Crippen LogP contribution in [-0.4, -0.2) is 56.8 Å². The van der Waals surface area contributed by atoms with Crippen LogP contribution in [0, 0.1) is 12.8 Å². The van der Waals surface area contributed by atoms with Crippen molar-refractivity contribution in [3.05, 3.63) is 30.1 Å². The fourth-order valence-corrected chi connectivity index (χ4v) is 3.23. The van der Waals surface area contributed by atoms with Gasteiger partial charge in [-0.1, -0.05) is 12.2 Å². The van der Waals surface area contributed by atoms with Crippen molar-refractivity contribution in [2.24, 2.45) is 5.92 Å². The molecule has 1 saturated heterocycles. The lowest BCUT2D eigenvalue weighted by atomic mass is 10.0. The molecule has 1 aliphatic heterocycles. The summed E-state index contributed by atoms with van der Waals surface area (Å²) in [5.41, 5.74) is 0.754. The predicted octanol–water partition coefficient (Wildman–Crippen LogP) is 1.05. The molecule has 3 heterocycles. The lowest BCUT2D eigenvalue weighted by Gasteiger charge is -2.45. The van der Waals surface area contributed by atoms with Crippen LogP contribution in [0.1, 0.15) is 18.7 Å². The van der Waals surface area contributed by atoms with Crippen LogP contribution in [-0.2, 0) is 4.79 Å². The van der Waals surface area contributed by atoms with Crippen molar-refractivity contribution in [1.29, 1.82) is 0 Å². The van der Waals surface area contributed by atoms with Crippen LogP contribution in [0.4, 0.5) is 5.82 Å². The Labute approximate surface area is 134 Å². The van der Waals surface area contributed by atoms with Crippen molar-refractivity contribution >= 4 is 17.4 Å². The Balaban J connectivity index is 1.41. The summed E-state index contributed by atoms with van der Waals surface area (Å²) in [6.07, 6.45) is 5.96. The lowest BCUT2D eigenvalue weighted by molar-refractivity contribution is -0.136. The van der Waals surface area contributed by atoms with E-state index in [2.05, 4.69) is 32.3 Å². The van der Waals surface area contributed by atoms with Gasteiger partial charge in [0.15, 0.2) is 11.5 Å². The van der Waals surface area contributed by atoms with Crippen molar-refractivity contribution in [3.63, 3.8) is 0 Å². The van der Waals surface area contributed by atoms with E-state index in [1.54, 1.807) is 4.52 Å². The topological polar surface area (TPSA) is 66.6 Å². The quantitative estimate of drug-likeness (QED) is 0.793. The number of anilines is 1. The van der Waals surface area contributed by atoms with Crippen molar-refractivity contribution in [3.8, 4) is 0 Å². The predicted molar refractivity (Wildman–Crippen MR) is 86.2 cm³/mol. The molecule has 120 valence electrons. The molecule has 0 radical (unpaired) electrons.